The summed E-state index contributed by atoms with van der Waals surface area (Å²) in [6, 6.07) is 37.8. The fraction of sp³-hybridized carbons (Fsp3) is 0.206. The Hall–Kier alpha value is -5.51. The Bertz CT molecular complexity index is 1440. The molecule has 0 aromatic heterocycles. The smallest absolute Gasteiger partial charge is 0.266 e. The molecule has 2 amide bonds. The van der Waals surface area contributed by atoms with Crippen LogP contribution >= 0.6 is 0 Å². The monoisotopic (exact) mass is 592 g/mol. The standard InChI is InChI=1S/C34H36N6O4/c35-34(39-40(43)44)36-23-13-22-30(38-33(42)31(27-18-9-3-10-19-27)28-20-11-4-12-21-28)32(41)37-24-29(25-14-5-1-6-15-25)26-16-7-2-8-17-26/h1-12,14-21,29-31H,13,22-24H2,(H,37,41)(H,38,42)(H3,35,36,39)/t30-/m0/s1. The van der Waals surface area contributed by atoms with Crippen molar-refractivity contribution in [2.75, 3.05) is 13.1 Å². The Morgan fingerprint density at radius 3 is 1.61 bits per heavy atom. The van der Waals surface area contributed by atoms with Crippen LogP contribution in [0, 0.1) is 10.1 Å². The largest absolute Gasteiger partial charge is 0.365 e. The van der Waals surface area contributed by atoms with Crippen molar-refractivity contribution >= 4 is 17.8 Å². The number of nitro groups is 1. The van der Waals surface area contributed by atoms with Gasteiger partial charge in [0.1, 0.15) is 11.1 Å². The van der Waals surface area contributed by atoms with Crippen LogP contribution in [-0.4, -0.2) is 41.9 Å². The zero-order chi connectivity index (χ0) is 31.1. The van der Waals surface area contributed by atoms with Gasteiger partial charge in [-0.1, -0.05) is 121 Å². The lowest BCUT2D eigenvalue weighted by Crippen LogP contribution is -2.49. The van der Waals surface area contributed by atoms with Gasteiger partial charge in [0.25, 0.3) is 5.96 Å². The van der Waals surface area contributed by atoms with E-state index >= 15 is 0 Å². The zero-order valence-corrected chi connectivity index (χ0v) is 24.2. The van der Waals surface area contributed by atoms with E-state index in [1.165, 1.54) is 0 Å². The average molecular weight is 593 g/mol. The molecule has 0 spiro atoms. The maximum absolute atomic E-state index is 13.9. The van der Waals surface area contributed by atoms with Crippen LogP contribution in [0.2, 0.25) is 0 Å². The number of hydrazone groups is 1. The van der Waals surface area contributed by atoms with E-state index in [9.17, 15) is 19.7 Å². The van der Waals surface area contributed by atoms with Gasteiger partial charge in [-0.25, -0.2) is 10.1 Å². The third-order valence-corrected chi connectivity index (χ3v) is 7.21. The molecule has 0 radical (unpaired) electrons. The lowest BCUT2D eigenvalue weighted by atomic mass is 9.90. The van der Waals surface area contributed by atoms with Crippen LogP contribution < -0.4 is 21.7 Å². The molecule has 0 aliphatic carbocycles. The van der Waals surface area contributed by atoms with Crippen molar-refractivity contribution in [3.63, 3.8) is 0 Å². The minimum atomic E-state index is -0.887. The molecule has 0 bridgehead atoms. The second-order valence-electron chi connectivity index (χ2n) is 10.2. The van der Waals surface area contributed by atoms with Crippen molar-refractivity contribution in [2.45, 2.75) is 30.7 Å². The summed E-state index contributed by atoms with van der Waals surface area (Å²) in [6.45, 7) is 0.543. The molecule has 0 heterocycles. The molecular formula is C34H36N6O4. The summed E-state index contributed by atoms with van der Waals surface area (Å²) in [5.41, 5.74) is 9.25. The maximum atomic E-state index is 13.9. The number of hydrogen-bond acceptors (Lipinski definition) is 4. The highest BCUT2D eigenvalue weighted by atomic mass is 16.7. The highest BCUT2D eigenvalue weighted by molar-refractivity contribution is 5.92. The molecule has 44 heavy (non-hydrogen) atoms. The molecule has 5 N–H and O–H groups in total. The molecule has 0 aliphatic heterocycles. The molecule has 4 rings (SSSR count). The first-order valence-electron chi connectivity index (χ1n) is 14.4. The number of amides is 2. The minimum absolute atomic E-state index is 0.0982. The number of nitrogens with one attached hydrogen (secondary N) is 3. The molecule has 1 atom stereocenters. The molecule has 226 valence electrons. The van der Waals surface area contributed by atoms with Gasteiger partial charge in [-0.3, -0.25) is 9.59 Å². The van der Waals surface area contributed by atoms with Gasteiger partial charge in [-0.05, 0) is 35.1 Å². The lowest BCUT2D eigenvalue weighted by molar-refractivity contribution is -0.485. The topological polar surface area (TPSA) is 152 Å². The van der Waals surface area contributed by atoms with E-state index in [1.807, 2.05) is 121 Å². The molecule has 0 unspecified atom stereocenters. The van der Waals surface area contributed by atoms with E-state index in [-0.39, 0.29) is 36.7 Å². The number of rotatable bonds is 14. The second-order valence-corrected chi connectivity index (χ2v) is 10.2. The quantitative estimate of drug-likeness (QED) is 0.0568. The molecule has 10 heteroatoms. The van der Waals surface area contributed by atoms with E-state index in [1.54, 1.807) is 0 Å². The van der Waals surface area contributed by atoms with E-state index in [2.05, 4.69) is 21.1 Å². The SMILES string of the molecule is NC(=N[N+](=O)[O-])NCCC[C@H](NC(=O)C(c1ccccc1)c1ccccc1)C(=O)NCC(c1ccccc1)c1ccccc1. The van der Waals surface area contributed by atoms with E-state index in [0.29, 0.717) is 13.0 Å². The molecule has 4 aromatic rings. The summed E-state index contributed by atoms with van der Waals surface area (Å²) in [4.78, 5) is 38.2. The van der Waals surface area contributed by atoms with Gasteiger partial charge in [0.15, 0.2) is 5.03 Å². The molecule has 0 aliphatic rings. The average Bonchev–Trinajstić information content (AvgIpc) is 3.04. The zero-order valence-electron chi connectivity index (χ0n) is 24.2. The Morgan fingerprint density at radius 1 is 0.705 bits per heavy atom. The van der Waals surface area contributed by atoms with Gasteiger partial charge in [0, 0.05) is 19.0 Å². The summed E-state index contributed by atoms with van der Waals surface area (Å²) >= 11 is 0. The fourth-order valence-corrected chi connectivity index (χ4v) is 5.08. The molecule has 0 saturated heterocycles. The number of nitrogens with two attached hydrogens (primary N) is 1. The Balaban J connectivity index is 1.53. The summed E-state index contributed by atoms with van der Waals surface area (Å²) < 4.78 is 0. The number of benzene rings is 4. The van der Waals surface area contributed by atoms with Crippen LogP contribution in [-0.2, 0) is 9.59 Å². The third kappa shape index (κ3) is 9.25. The Labute approximate surface area is 256 Å². The first-order valence-corrected chi connectivity index (χ1v) is 14.4. The van der Waals surface area contributed by atoms with Crippen molar-refractivity contribution in [1.82, 2.24) is 16.0 Å². The highest BCUT2D eigenvalue weighted by Gasteiger charge is 2.28. The predicted octanol–water partition coefficient (Wildman–Crippen LogP) is 4.13. The van der Waals surface area contributed by atoms with Gasteiger partial charge in [0.05, 0.1) is 5.92 Å². The van der Waals surface area contributed by atoms with Gasteiger partial charge < -0.3 is 21.7 Å². The van der Waals surface area contributed by atoms with Crippen molar-refractivity contribution in [2.24, 2.45) is 10.8 Å². The summed E-state index contributed by atoms with van der Waals surface area (Å²) in [5.74, 6) is -1.70. The van der Waals surface area contributed by atoms with E-state index < -0.39 is 17.0 Å². The van der Waals surface area contributed by atoms with E-state index in [4.69, 9.17) is 5.73 Å². The van der Waals surface area contributed by atoms with Crippen LogP contribution in [0.3, 0.4) is 0 Å². The van der Waals surface area contributed by atoms with Crippen molar-refractivity contribution in [3.8, 4) is 0 Å². The normalized spacial score (nSPS) is 12.0. The molecular weight excluding hydrogens is 556 g/mol. The Morgan fingerprint density at radius 2 is 1.16 bits per heavy atom. The molecule has 0 fully saturated rings. The van der Waals surface area contributed by atoms with Crippen LogP contribution in [0.25, 0.3) is 0 Å². The van der Waals surface area contributed by atoms with Crippen molar-refractivity contribution in [1.29, 1.82) is 0 Å². The van der Waals surface area contributed by atoms with Crippen molar-refractivity contribution in [3.05, 3.63) is 154 Å². The third-order valence-electron chi connectivity index (χ3n) is 7.21. The second kappa shape index (κ2) is 16.2. The lowest BCUT2D eigenvalue weighted by Gasteiger charge is -2.25. The van der Waals surface area contributed by atoms with Crippen LogP contribution in [0.5, 0.6) is 0 Å². The van der Waals surface area contributed by atoms with Crippen molar-refractivity contribution < 1.29 is 14.6 Å². The predicted molar refractivity (Wildman–Crippen MR) is 170 cm³/mol. The fourth-order valence-electron chi connectivity index (χ4n) is 5.08. The first-order chi connectivity index (χ1) is 21.4. The van der Waals surface area contributed by atoms with Gasteiger partial charge in [0.2, 0.25) is 11.8 Å². The number of nitrogens with zero attached hydrogens (tertiary/aromatic N) is 2. The molecule has 0 saturated carbocycles. The van der Waals surface area contributed by atoms with Crippen LogP contribution in [0.1, 0.15) is 46.9 Å². The van der Waals surface area contributed by atoms with Crippen LogP contribution in [0.4, 0.5) is 0 Å². The summed E-state index contributed by atoms with van der Waals surface area (Å²) in [5, 5.41) is 21.5. The molecule has 4 aromatic carbocycles. The maximum Gasteiger partial charge on any atom is 0.266 e. The number of carbonyl (C=O) groups excluding carboxylic acids is 2. The highest BCUT2D eigenvalue weighted by Crippen LogP contribution is 2.26. The van der Waals surface area contributed by atoms with Gasteiger partial charge >= 0.3 is 0 Å². The van der Waals surface area contributed by atoms with Gasteiger partial charge in [-0.15, -0.1) is 0 Å². The van der Waals surface area contributed by atoms with E-state index in [0.717, 1.165) is 22.3 Å². The summed E-state index contributed by atoms with van der Waals surface area (Å²) in [7, 11) is 0. The molecule has 10 nitrogen and oxygen atoms in total. The summed E-state index contributed by atoms with van der Waals surface area (Å²) in [6.07, 6.45) is 0.641. The van der Waals surface area contributed by atoms with Crippen LogP contribution in [0.15, 0.2) is 126 Å². The minimum Gasteiger partial charge on any atom is -0.365 e. The first kappa shape index (κ1) is 31.4. The Kier molecular flexibility index (Phi) is 11.6. The van der Waals surface area contributed by atoms with Gasteiger partial charge in [-0.2, -0.15) is 0 Å². The number of carbonyl (C=O) groups is 2. The number of hydrogen-bond donors (Lipinski definition) is 4. The number of guanidine groups is 1.